The minimum atomic E-state index is -1.67. The van der Waals surface area contributed by atoms with Crippen molar-refractivity contribution >= 4 is 50.4 Å². The van der Waals surface area contributed by atoms with E-state index in [2.05, 4.69) is 54.6 Å². The molecular weight excluding hydrogens is 430 g/mol. The Morgan fingerprint density at radius 1 is 0.708 bits per heavy atom. The Hall–Kier alpha value is -0.660. The van der Waals surface area contributed by atoms with Gasteiger partial charge in [-0.05, 0) is 13.1 Å². The van der Waals surface area contributed by atoms with E-state index in [4.69, 9.17) is 22.2 Å². The van der Waals surface area contributed by atoms with E-state index in [-0.39, 0.29) is 26.2 Å². The van der Waals surface area contributed by atoms with Crippen LogP contribution in [-0.2, 0) is 26.2 Å². The fourth-order valence-corrected chi connectivity index (χ4v) is 2.22. The summed E-state index contributed by atoms with van der Waals surface area (Å²) >= 11 is 10.9. The monoisotopic (exact) mass is 448 g/mol. The molecule has 0 nitrogen and oxygen atoms in total. The third kappa shape index (κ3) is 7.49. The van der Waals surface area contributed by atoms with E-state index in [1.54, 1.807) is 0 Å². The van der Waals surface area contributed by atoms with E-state index in [1.165, 1.54) is 21.5 Å². The van der Waals surface area contributed by atoms with Crippen LogP contribution in [0.3, 0.4) is 0 Å². The maximum absolute atomic E-state index is 5.43. The third-order valence-corrected chi connectivity index (χ3v) is 3.08. The van der Waals surface area contributed by atoms with Gasteiger partial charge in [0.05, 0.1) is 0 Å². The van der Waals surface area contributed by atoms with E-state index in [0.29, 0.717) is 0 Å². The van der Waals surface area contributed by atoms with Crippen molar-refractivity contribution in [3.63, 3.8) is 0 Å². The van der Waals surface area contributed by atoms with Crippen LogP contribution in [0.4, 0.5) is 0 Å². The number of hydrogen-bond donors (Lipinski definition) is 0. The van der Waals surface area contributed by atoms with Gasteiger partial charge in [0.2, 0.25) is 6.69 Å². The van der Waals surface area contributed by atoms with Gasteiger partial charge in [0.25, 0.3) is 0 Å². The predicted octanol–water partition coefficient (Wildman–Crippen LogP) is 7.28. The van der Waals surface area contributed by atoms with Gasteiger partial charge < -0.3 is 0 Å². The first-order valence-corrected chi connectivity index (χ1v) is 12.6. The van der Waals surface area contributed by atoms with Gasteiger partial charge in [-0.3, -0.25) is 0 Å². The van der Waals surface area contributed by atoms with Crippen molar-refractivity contribution in [1.29, 1.82) is 0 Å². The van der Waals surface area contributed by atoms with E-state index in [0.717, 1.165) is 0 Å². The van der Waals surface area contributed by atoms with Crippen LogP contribution >= 0.6 is 22.2 Å². The first kappa shape index (κ1) is 21.4. The van der Waals surface area contributed by atoms with Gasteiger partial charge in [-0.1, -0.05) is 36.4 Å². The number of hydrogen-bond acceptors (Lipinski definition) is 0. The molecule has 0 aliphatic carbocycles. The van der Waals surface area contributed by atoms with Crippen molar-refractivity contribution in [1.82, 2.24) is 0 Å². The second-order valence-corrected chi connectivity index (χ2v) is 14.5. The molecule has 4 rings (SSSR count). The number of benzene rings is 2. The van der Waals surface area contributed by atoms with Crippen LogP contribution < -0.4 is 0 Å². The SMILES string of the molecule is C[Si](C)(Cl)Cl.[Zr+2].c1cc[cH-]c1.c1ccc2c(c1)[cH-]c1ccccc12. The van der Waals surface area contributed by atoms with Gasteiger partial charge in [0.15, 0.2) is 0 Å². The maximum Gasteiger partial charge on any atom is 2.00 e. The van der Waals surface area contributed by atoms with Crippen molar-refractivity contribution in [2.24, 2.45) is 0 Å². The molecule has 0 bridgehead atoms. The van der Waals surface area contributed by atoms with Gasteiger partial charge >= 0.3 is 26.2 Å². The minimum absolute atomic E-state index is 0. The molecule has 0 fully saturated rings. The van der Waals surface area contributed by atoms with Crippen LogP contribution in [-0.4, -0.2) is 6.69 Å². The summed E-state index contributed by atoms with van der Waals surface area (Å²) in [5.74, 6) is 0. The summed E-state index contributed by atoms with van der Waals surface area (Å²) < 4.78 is 0. The molecule has 4 aromatic carbocycles. The normalized spacial score (nSPS) is 10.2. The minimum Gasteiger partial charge on any atom is -0.214 e. The van der Waals surface area contributed by atoms with Gasteiger partial charge in [-0.25, -0.2) is 12.1 Å². The van der Waals surface area contributed by atoms with Crippen LogP contribution in [0, 0.1) is 0 Å². The molecule has 0 heterocycles. The van der Waals surface area contributed by atoms with Crippen LogP contribution in [0.5, 0.6) is 0 Å². The zero-order chi connectivity index (χ0) is 16.7. The van der Waals surface area contributed by atoms with Crippen molar-refractivity contribution in [2.45, 2.75) is 13.1 Å². The number of fused-ring (bicyclic) bond motifs is 3. The number of halogens is 2. The molecule has 122 valence electrons. The molecular formula is C20H20Cl2SiZr. The van der Waals surface area contributed by atoms with Gasteiger partial charge in [-0.2, -0.15) is 18.2 Å². The summed E-state index contributed by atoms with van der Waals surface area (Å²) in [6, 6.07) is 29.3. The summed E-state index contributed by atoms with van der Waals surface area (Å²) in [5.41, 5.74) is 0. The molecule has 0 atom stereocenters. The second-order valence-electron chi connectivity index (χ2n) is 5.61. The van der Waals surface area contributed by atoms with Crippen molar-refractivity contribution < 1.29 is 26.2 Å². The smallest absolute Gasteiger partial charge is 0.214 e. The average Bonchev–Trinajstić information content (AvgIpc) is 3.17. The Labute approximate surface area is 173 Å². The quantitative estimate of drug-likeness (QED) is 0.150. The molecule has 0 amide bonds. The van der Waals surface area contributed by atoms with Crippen molar-refractivity contribution in [3.05, 3.63) is 84.9 Å². The Morgan fingerprint density at radius 2 is 1.08 bits per heavy atom. The Balaban J connectivity index is 0.000000220. The van der Waals surface area contributed by atoms with Crippen LogP contribution in [0.2, 0.25) is 13.1 Å². The third-order valence-electron chi connectivity index (χ3n) is 3.08. The molecule has 0 unspecified atom stereocenters. The summed E-state index contributed by atoms with van der Waals surface area (Å²) in [6.07, 6.45) is 0. The standard InChI is InChI=1S/C13H9.C5H5.C2H6Cl2Si.Zr/c1-3-7-12-10(5-1)9-11-6-2-4-8-13(11)12;1-2-4-5-3-1;1-5(2,3)4;/h1-9H;1-5H;1-2H3;/q2*-1;;+2. The Morgan fingerprint density at radius 3 is 1.42 bits per heavy atom. The van der Waals surface area contributed by atoms with E-state index < -0.39 is 6.69 Å². The molecule has 24 heavy (non-hydrogen) atoms. The van der Waals surface area contributed by atoms with Crippen molar-refractivity contribution in [2.75, 3.05) is 0 Å². The fourth-order valence-electron chi connectivity index (χ4n) is 2.22. The first-order valence-electron chi connectivity index (χ1n) is 7.53. The maximum atomic E-state index is 5.43. The summed E-state index contributed by atoms with van der Waals surface area (Å²) in [6.45, 7) is 2.05. The molecule has 0 aliphatic heterocycles. The molecule has 4 aromatic rings. The van der Waals surface area contributed by atoms with Gasteiger partial charge in [-0.15, -0.1) is 61.9 Å². The zero-order valence-electron chi connectivity index (χ0n) is 13.8. The molecule has 0 spiro atoms. The molecule has 0 N–H and O–H groups in total. The molecule has 0 radical (unpaired) electrons. The molecule has 0 saturated carbocycles. The van der Waals surface area contributed by atoms with Crippen LogP contribution in [0.25, 0.3) is 21.5 Å². The zero-order valence-corrected chi connectivity index (χ0v) is 18.8. The summed E-state index contributed by atoms with van der Waals surface area (Å²) in [7, 11) is 0. The van der Waals surface area contributed by atoms with Crippen LogP contribution in [0.1, 0.15) is 0 Å². The fraction of sp³-hybridized carbons (Fsp3) is 0.100. The van der Waals surface area contributed by atoms with Gasteiger partial charge in [0.1, 0.15) is 0 Å². The molecule has 4 heteroatoms. The molecule has 0 aliphatic rings. The second kappa shape index (κ2) is 10.4. The average molecular weight is 451 g/mol. The summed E-state index contributed by atoms with van der Waals surface area (Å²) in [5, 5.41) is 5.39. The number of rotatable bonds is 0. The summed E-state index contributed by atoms with van der Waals surface area (Å²) in [4.78, 5) is 0. The molecule has 0 saturated heterocycles. The Kier molecular flexibility index (Phi) is 9.23. The Bertz CT molecular complexity index is 756. The largest absolute Gasteiger partial charge is 2.00 e. The predicted molar refractivity (Wildman–Crippen MR) is 108 cm³/mol. The van der Waals surface area contributed by atoms with Crippen molar-refractivity contribution in [3.8, 4) is 0 Å². The molecule has 0 aromatic heterocycles. The van der Waals surface area contributed by atoms with E-state index in [1.807, 2.05) is 43.4 Å². The van der Waals surface area contributed by atoms with Crippen LogP contribution in [0.15, 0.2) is 84.9 Å². The van der Waals surface area contributed by atoms with Gasteiger partial charge in [0, 0.05) is 0 Å². The topological polar surface area (TPSA) is 0 Å². The van der Waals surface area contributed by atoms with E-state index >= 15 is 0 Å². The van der Waals surface area contributed by atoms with E-state index in [9.17, 15) is 0 Å². The first-order chi connectivity index (χ1) is 10.9.